The van der Waals surface area contributed by atoms with Gasteiger partial charge in [0.15, 0.2) is 0 Å². The number of anilines is 1. The van der Waals surface area contributed by atoms with Gasteiger partial charge in [-0.15, -0.1) is 0 Å². The lowest BCUT2D eigenvalue weighted by Crippen LogP contribution is -2.50. The zero-order valence-corrected chi connectivity index (χ0v) is 15.3. The molecule has 0 aromatic carbocycles. The van der Waals surface area contributed by atoms with Crippen LogP contribution >= 0.6 is 0 Å². The van der Waals surface area contributed by atoms with Crippen molar-refractivity contribution in [3.63, 3.8) is 0 Å². The highest BCUT2D eigenvalue weighted by atomic mass is 16.1. The van der Waals surface area contributed by atoms with Gasteiger partial charge in [-0.2, -0.15) is 5.10 Å². The van der Waals surface area contributed by atoms with E-state index in [1.54, 1.807) is 29.5 Å². The quantitative estimate of drug-likeness (QED) is 0.719. The Labute approximate surface area is 151 Å². The van der Waals surface area contributed by atoms with Crippen LogP contribution in [0, 0.1) is 5.92 Å². The van der Waals surface area contributed by atoms with Crippen LogP contribution in [0.25, 0.3) is 10.9 Å². The molecule has 7 heteroatoms. The zero-order valence-electron chi connectivity index (χ0n) is 15.3. The van der Waals surface area contributed by atoms with E-state index in [4.69, 9.17) is 0 Å². The third-order valence-electron chi connectivity index (χ3n) is 4.74. The summed E-state index contributed by atoms with van der Waals surface area (Å²) < 4.78 is 1.60. The molecule has 1 aliphatic heterocycles. The summed E-state index contributed by atoms with van der Waals surface area (Å²) in [7, 11) is 0. The van der Waals surface area contributed by atoms with Crippen molar-refractivity contribution in [3.05, 3.63) is 53.0 Å². The predicted molar refractivity (Wildman–Crippen MR) is 100 cm³/mol. The summed E-state index contributed by atoms with van der Waals surface area (Å²) in [4.78, 5) is 27.2. The highest BCUT2D eigenvalue weighted by Crippen LogP contribution is 2.29. The fourth-order valence-corrected chi connectivity index (χ4v) is 3.23. The van der Waals surface area contributed by atoms with E-state index in [1.165, 1.54) is 0 Å². The zero-order chi connectivity index (χ0) is 18.3. The van der Waals surface area contributed by atoms with Crippen LogP contribution < -0.4 is 10.5 Å². The Morgan fingerprint density at radius 1 is 1.15 bits per heavy atom. The fraction of sp³-hybridized carbons (Fsp3) is 0.421. The van der Waals surface area contributed by atoms with Crippen LogP contribution in [-0.2, 0) is 12.0 Å². The van der Waals surface area contributed by atoms with Gasteiger partial charge < -0.3 is 4.90 Å². The summed E-state index contributed by atoms with van der Waals surface area (Å²) in [5.41, 5.74) is 1.66. The van der Waals surface area contributed by atoms with Gasteiger partial charge in [0.1, 0.15) is 12.1 Å². The second-order valence-corrected chi connectivity index (χ2v) is 7.85. The third kappa shape index (κ3) is 3.05. The minimum atomic E-state index is -0.0744. The largest absolute Gasteiger partial charge is 0.355 e. The lowest BCUT2D eigenvalue weighted by Gasteiger charge is -2.40. The highest BCUT2D eigenvalue weighted by molar-refractivity contribution is 5.88. The number of hydrogen-bond donors (Lipinski definition) is 0. The van der Waals surface area contributed by atoms with E-state index in [-0.39, 0.29) is 11.0 Å². The Morgan fingerprint density at radius 3 is 2.73 bits per heavy atom. The van der Waals surface area contributed by atoms with Crippen molar-refractivity contribution in [1.29, 1.82) is 0 Å². The fourth-order valence-electron chi connectivity index (χ4n) is 3.23. The van der Waals surface area contributed by atoms with Gasteiger partial charge in [0, 0.05) is 42.1 Å². The predicted octanol–water partition coefficient (Wildman–Crippen LogP) is 2.02. The molecule has 0 unspecified atom stereocenters. The number of pyridine rings is 1. The molecule has 3 aromatic rings. The standard InChI is InChI=1S/C19H22N6O/c1-19(2,3)16-4-5-17(26)25(23-16)11-13-9-24(10-13)18-14-6-7-20-8-15(14)21-12-22-18/h4-8,12-13H,9-11H2,1-3H3. The molecule has 0 spiro atoms. The number of nitrogens with zero attached hydrogens (tertiary/aromatic N) is 6. The van der Waals surface area contributed by atoms with Gasteiger partial charge in [0.2, 0.25) is 0 Å². The van der Waals surface area contributed by atoms with E-state index in [0.29, 0.717) is 12.5 Å². The lowest BCUT2D eigenvalue weighted by molar-refractivity contribution is 0.328. The molecule has 26 heavy (non-hydrogen) atoms. The molecule has 0 N–H and O–H groups in total. The molecule has 3 aromatic heterocycles. The van der Waals surface area contributed by atoms with Gasteiger partial charge in [-0.1, -0.05) is 20.8 Å². The van der Waals surface area contributed by atoms with E-state index in [9.17, 15) is 4.79 Å². The summed E-state index contributed by atoms with van der Waals surface area (Å²) in [6.07, 6.45) is 5.08. The summed E-state index contributed by atoms with van der Waals surface area (Å²) in [5, 5.41) is 5.57. The first-order valence-corrected chi connectivity index (χ1v) is 8.80. The SMILES string of the molecule is CC(C)(C)c1ccc(=O)n(CC2CN(c3ncnc4cnccc34)C2)n1. The first-order valence-electron chi connectivity index (χ1n) is 8.80. The second-order valence-electron chi connectivity index (χ2n) is 7.85. The van der Waals surface area contributed by atoms with Gasteiger partial charge in [-0.25, -0.2) is 14.6 Å². The monoisotopic (exact) mass is 350 g/mol. The Morgan fingerprint density at radius 2 is 1.96 bits per heavy atom. The first-order chi connectivity index (χ1) is 12.4. The minimum absolute atomic E-state index is 0.0463. The van der Waals surface area contributed by atoms with Crippen molar-refractivity contribution in [1.82, 2.24) is 24.7 Å². The van der Waals surface area contributed by atoms with Crippen molar-refractivity contribution in [2.24, 2.45) is 5.92 Å². The van der Waals surface area contributed by atoms with Gasteiger partial charge >= 0.3 is 0 Å². The van der Waals surface area contributed by atoms with Crippen LogP contribution in [-0.4, -0.2) is 37.8 Å². The van der Waals surface area contributed by atoms with Crippen LogP contribution in [0.5, 0.6) is 0 Å². The molecule has 1 fully saturated rings. The number of aromatic nitrogens is 5. The molecule has 0 atom stereocenters. The van der Waals surface area contributed by atoms with Gasteiger partial charge in [0.05, 0.1) is 24.0 Å². The number of fused-ring (bicyclic) bond motifs is 1. The highest BCUT2D eigenvalue weighted by Gasteiger charge is 2.30. The summed E-state index contributed by atoms with van der Waals surface area (Å²) >= 11 is 0. The molecular weight excluding hydrogens is 328 g/mol. The van der Waals surface area contributed by atoms with Crippen LogP contribution in [0.15, 0.2) is 41.7 Å². The molecule has 4 rings (SSSR count). The number of rotatable bonds is 3. The average molecular weight is 350 g/mol. The van der Waals surface area contributed by atoms with Gasteiger partial charge in [-0.05, 0) is 12.1 Å². The van der Waals surface area contributed by atoms with Gasteiger partial charge in [-0.3, -0.25) is 9.78 Å². The van der Waals surface area contributed by atoms with E-state index in [2.05, 4.69) is 45.7 Å². The molecule has 0 radical (unpaired) electrons. The molecule has 0 saturated carbocycles. The van der Waals surface area contributed by atoms with Gasteiger partial charge in [0.25, 0.3) is 5.56 Å². The van der Waals surface area contributed by atoms with Crippen LogP contribution in [0.2, 0.25) is 0 Å². The van der Waals surface area contributed by atoms with Crippen LogP contribution in [0.3, 0.4) is 0 Å². The van der Waals surface area contributed by atoms with E-state index in [0.717, 1.165) is 35.5 Å². The molecule has 1 aliphatic rings. The van der Waals surface area contributed by atoms with E-state index in [1.807, 2.05) is 12.1 Å². The minimum Gasteiger partial charge on any atom is -0.355 e. The molecular formula is C19H22N6O. The normalized spacial score (nSPS) is 15.3. The maximum atomic E-state index is 12.2. The smallest absolute Gasteiger partial charge is 0.266 e. The Hall–Kier alpha value is -2.83. The topological polar surface area (TPSA) is 76.8 Å². The third-order valence-corrected chi connectivity index (χ3v) is 4.74. The molecule has 0 amide bonds. The maximum Gasteiger partial charge on any atom is 0.266 e. The first kappa shape index (κ1) is 16.6. The molecule has 0 aliphatic carbocycles. The van der Waals surface area contributed by atoms with Crippen LogP contribution in [0.4, 0.5) is 5.82 Å². The lowest BCUT2D eigenvalue weighted by atomic mass is 9.92. The van der Waals surface area contributed by atoms with Crippen molar-refractivity contribution in [2.75, 3.05) is 18.0 Å². The Balaban J connectivity index is 1.50. The molecule has 0 bridgehead atoms. The number of hydrogen-bond acceptors (Lipinski definition) is 6. The van der Waals surface area contributed by atoms with Crippen molar-refractivity contribution >= 4 is 16.7 Å². The van der Waals surface area contributed by atoms with Crippen molar-refractivity contribution in [2.45, 2.75) is 32.7 Å². The van der Waals surface area contributed by atoms with Crippen molar-refractivity contribution < 1.29 is 0 Å². The molecule has 7 nitrogen and oxygen atoms in total. The van der Waals surface area contributed by atoms with E-state index >= 15 is 0 Å². The van der Waals surface area contributed by atoms with Crippen molar-refractivity contribution in [3.8, 4) is 0 Å². The Bertz CT molecular complexity index is 995. The molecule has 1 saturated heterocycles. The summed E-state index contributed by atoms with van der Waals surface area (Å²) in [5.74, 6) is 1.31. The second kappa shape index (κ2) is 6.16. The average Bonchev–Trinajstić information content (AvgIpc) is 2.58. The molecule has 4 heterocycles. The Kier molecular flexibility index (Phi) is 3.94. The van der Waals surface area contributed by atoms with Crippen LogP contribution in [0.1, 0.15) is 26.5 Å². The molecule has 134 valence electrons. The summed E-state index contributed by atoms with van der Waals surface area (Å²) in [6.45, 7) is 8.63. The maximum absolute atomic E-state index is 12.2. The van der Waals surface area contributed by atoms with E-state index < -0.39 is 0 Å². The summed E-state index contributed by atoms with van der Waals surface area (Å²) in [6, 6.07) is 5.39.